The van der Waals surface area contributed by atoms with Crippen molar-refractivity contribution in [1.82, 2.24) is 15.3 Å². The largest absolute Gasteiger partial charge is 0.350 e. The Morgan fingerprint density at radius 2 is 2.05 bits per heavy atom. The molecule has 0 amide bonds. The summed E-state index contributed by atoms with van der Waals surface area (Å²) in [5, 5.41) is 6.66. The van der Waals surface area contributed by atoms with Crippen LogP contribution in [-0.4, -0.2) is 29.1 Å². The van der Waals surface area contributed by atoms with Crippen molar-refractivity contribution in [1.29, 1.82) is 0 Å². The minimum atomic E-state index is 0.449. The predicted octanol–water partition coefficient (Wildman–Crippen LogP) is 2.23. The lowest BCUT2D eigenvalue weighted by molar-refractivity contribution is 0.780. The first kappa shape index (κ1) is 12.1. The Balaban J connectivity index is 1.74. The zero-order valence-electron chi connectivity index (χ0n) is 11.1. The summed E-state index contributed by atoms with van der Waals surface area (Å²) in [5.41, 5.74) is 3.46. The molecule has 3 rings (SSSR count). The third-order valence-electron chi connectivity index (χ3n) is 3.40. The molecule has 4 nitrogen and oxygen atoms in total. The lowest BCUT2D eigenvalue weighted by Crippen LogP contribution is -2.23. The molecule has 1 atom stereocenters. The number of nitrogens with one attached hydrogen (secondary N) is 2. The first-order valence-electron chi connectivity index (χ1n) is 6.67. The van der Waals surface area contributed by atoms with Crippen molar-refractivity contribution >= 4 is 5.95 Å². The SMILES string of the molecule is Cc1cccc(-c2cnc(NC3CCNC3)nc2)c1. The fourth-order valence-corrected chi connectivity index (χ4v) is 2.34. The third-order valence-corrected chi connectivity index (χ3v) is 3.40. The van der Waals surface area contributed by atoms with Crippen LogP contribution in [0.5, 0.6) is 0 Å². The van der Waals surface area contributed by atoms with E-state index in [1.54, 1.807) is 0 Å². The standard InChI is InChI=1S/C15H18N4/c1-11-3-2-4-12(7-11)13-8-17-15(18-9-13)19-14-5-6-16-10-14/h2-4,7-9,14,16H,5-6,10H2,1H3,(H,17,18,19). The van der Waals surface area contributed by atoms with Crippen molar-refractivity contribution in [2.75, 3.05) is 18.4 Å². The number of rotatable bonds is 3. The monoisotopic (exact) mass is 254 g/mol. The molecule has 1 unspecified atom stereocenters. The molecule has 2 heterocycles. The van der Waals surface area contributed by atoms with E-state index in [0.29, 0.717) is 12.0 Å². The first-order chi connectivity index (χ1) is 9.31. The van der Waals surface area contributed by atoms with Crippen LogP contribution in [0.25, 0.3) is 11.1 Å². The maximum absolute atomic E-state index is 4.40. The zero-order chi connectivity index (χ0) is 13.1. The van der Waals surface area contributed by atoms with E-state index in [9.17, 15) is 0 Å². The molecule has 2 aromatic rings. The van der Waals surface area contributed by atoms with Gasteiger partial charge in [0.2, 0.25) is 5.95 Å². The highest BCUT2D eigenvalue weighted by Gasteiger charge is 2.14. The molecule has 1 aromatic carbocycles. The van der Waals surface area contributed by atoms with Gasteiger partial charge < -0.3 is 10.6 Å². The first-order valence-corrected chi connectivity index (χ1v) is 6.67. The summed E-state index contributed by atoms with van der Waals surface area (Å²) in [7, 11) is 0. The molecule has 1 fully saturated rings. The van der Waals surface area contributed by atoms with Crippen LogP contribution in [0.15, 0.2) is 36.7 Å². The molecule has 0 saturated carbocycles. The molecule has 0 spiro atoms. The molecule has 1 aliphatic heterocycles. The van der Waals surface area contributed by atoms with Crippen LogP contribution in [0, 0.1) is 6.92 Å². The van der Waals surface area contributed by atoms with Crippen molar-refractivity contribution in [3.63, 3.8) is 0 Å². The van der Waals surface area contributed by atoms with Crippen LogP contribution < -0.4 is 10.6 Å². The number of hydrogen-bond donors (Lipinski definition) is 2. The fraction of sp³-hybridized carbons (Fsp3) is 0.333. The van der Waals surface area contributed by atoms with Crippen LogP contribution in [-0.2, 0) is 0 Å². The summed E-state index contributed by atoms with van der Waals surface area (Å²) in [6.45, 7) is 4.15. The molecule has 1 saturated heterocycles. The van der Waals surface area contributed by atoms with Crippen LogP contribution in [0.1, 0.15) is 12.0 Å². The number of aromatic nitrogens is 2. The van der Waals surface area contributed by atoms with Gasteiger partial charge in [-0.1, -0.05) is 29.8 Å². The highest BCUT2D eigenvalue weighted by atomic mass is 15.1. The number of benzene rings is 1. The molecule has 0 radical (unpaired) electrons. The van der Waals surface area contributed by atoms with Crippen molar-refractivity contribution in [2.45, 2.75) is 19.4 Å². The summed E-state index contributed by atoms with van der Waals surface area (Å²) < 4.78 is 0. The van der Waals surface area contributed by atoms with Gasteiger partial charge in [-0.3, -0.25) is 0 Å². The van der Waals surface area contributed by atoms with Crippen molar-refractivity contribution in [3.05, 3.63) is 42.2 Å². The normalized spacial score (nSPS) is 18.5. The Bertz CT molecular complexity index is 544. The van der Waals surface area contributed by atoms with Gasteiger partial charge in [0.15, 0.2) is 0 Å². The zero-order valence-corrected chi connectivity index (χ0v) is 11.1. The number of aryl methyl sites for hydroxylation is 1. The quantitative estimate of drug-likeness (QED) is 0.882. The number of hydrogen-bond acceptors (Lipinski definition) is 4. The summed E-state index contributed by atoms with van der Waals surface area (Å²) in [5.74, 6) is 0.713. The molecule has 1 aromatic heterocycles. The van der Waals surface area contributed by atoms with E-state index < -0.39 is 0 Å². The van der Waals surface area contributed by atoms with E-state index in [0.717, 1.165) is 30.6 Å². The van der Waals surface area contributed by atoms with Crippen LogP contribution in [0.4, 0.5) is 5.95 Å². The number of anilines is 1. The van der Waals surface area contributed by atoms with Gasteiger partial charge in [0.1, 0.15) is 0 Å². The summed E-state index contributed by atoms with van der Waals surface area (Å²) >= 11 is 0. The smallest absolute Gasteiger partial charge is 0.222 e. The lowest BCUT2D eigenvalue weighted by atomic mass is 10.1. The lowest BCUT2D eigenvalue weighted by Gasteiger charge is -2.11. The second kappa shape index (κ2) is 5.36. The Morgan fingerprint density at radius 1 is 1.21 bits per heavy atom. The Labute approximate surface area is 113 Å². The molecule has 0 aliphatic carbocycles. The second-order valence-corrected chi connectivity index (χ2v) is 5.00. The predicted molar refractivity (Wildman–Crippen MR) is 77.1 cm³/mol. The maximum Gasteiger partial charge on any atom is 0.222 e. The second-order valence-electron chi connectivity index (χ2n) is 5.00. The van der Waals surface area contributed by atoms with Crippen molar-refractivity contribution in [3.8, 4) is 11.1 Å². The van der Waals surface area contributed by atoms with Gasteiger partial charge in [-0.15, -0.1) is 0 Å². The average Bonchev–Trinajstić information content (AvgIpc) is 2.92. The fourth-order valence-electron chi connectivity index (χ4n) is 2.34. The number of nitrogens with zero attached hydrogens (tertiary/aromatic N) is 2. The van der Waals surface area contributed by atoms with E-state index in [-0.39, 0.29) is 0 Å². The van der Waals surface area contributed by atoms with E-state index in [1.807, 2.05) is 12.4 Å². The topological polar surface area (TPSA) is 49.8 Å². The van der Waals surface area contributed by atoms with Gasteiger partial charge in [0.05, 0.1) is 0 Å². The van der Waals surface area contributed by atoms with Crippen LogP contribution in [0.2, 0.25) is 0 Å². The van der Waals surface area contributed by atoms with Gasteiger partial charge in [-0.2, -0.15) is 0 Å². The molecule has 19 heavy (non-hydrogen) atoms. The van der Waals surface area contributed by atoms with E-state index >= 15 is 0 Å². The van der Waals surface area contributed by atoms with Gasteiger partial charge in [0, 0.05) is 30.5 Å². The molecule has 4 heteroatoms. The minimum Gasteiger partial charge on any atom is -0.350 e. The summed E-state index contributed by atoms with van der Waals surface area (Å²) in [4.78, 5) is 8.80. The maximum atomic E-state index is 4.40. The highest BCUT2D eigenvalue weighted by Crippen LogP contribution is 2.19. The Kier molecular flexibility index (Phi) is 3.42. The van der Waals surface area contributed by atoms with Gasteiger partial charge in [-0.05, 0) is 25.5 Å². The average molecular weight is 254 g/mol. The van der Waals surface area contributed by atoms with Crippen molar-refractivity contribution in [2.24, 2.45) is 0 Å². The van der Waals surface area contributed by atoms with E-state index in [1.165, 1.54) is 5.56 Å². The third kappa shape index (κ3) is 2.90. The van der Waals surface area contributed by atoms with E-state index in [2.05, 4.69) is 51.8 Å². The molecule has 2 N–H and O–H groups in total. The molecular weight excluding hydrogens is 236 g/mol. The summed E-state index contributed by atoms with van der Waals surface area (Å²) in [6, 6.07) is 8.82. The minimum absolute atomic E-state index is 0.449. The highest BCUT2D eigenvalue weighted by molar-refractivity contribution is 5.62. The van der Waals surface area contributed by atoms with Crippen LogP contribution >= 0.6 is 0 Å². The summed E-state index contributed by atoms with van der Waals surface area (Å²) in [6.07, 6.45) is 4.89. The van der Waals surface area contributed by atoms with Crippen LogP contribution in [0.3, 0.4) is 0 Å². The molecule has 0 bridgehead atoms. The van der Waals surface area contributed by atoms with Gasteiger partial charge in [0.25, 0.3) is 0 Å². The van der Waals surface area contributed by atoms with Gasteiger partial charge in [-0.25, -0.2) is 9.97 Å². The van der Waals surface area contributed by atoms with Gasteiger partial charge >= 0.3 is 0 Å². The van der Waals surface area contributed by atoms with E-state index in [4.69, 9.17) is 0 Å². The van der Waals surface area contributed by atoms with Crippen molar-refractivity contribution < 1.29 is 0 Å². The Morgan fingerprint density at radius 3 is 2.74 bits per heavy atom. The Hall–Kier alpha value is -1.94. The molecular formula is C15H18N4. The molecule has 1 aliphatic rings. The molecule has 98 valence electrons.